The van der Waals surface area contributed by atoms with Crippen molar-refractivity contribution in [2.75, 3.05) is 59.0 Å². The van der Waals surface area contributed by atoms with Gasteiger partial charge in [-0.25, -0.2) is 4.99 Å². The van der Waals surface area contributed by atoms with Crippen molar-refractivity contribution in [2.45, 2.75) is 83.0 Å². The molecule has 1 saturated carbocycles. The fourth-order valence-corrected chi connectivity index (χ4v) is 8.91. The third kappa shape index (κ3) is 9.05. The lowest BCUT2D eigenvalue weighted by Crippen LogP contribution is -2.54. The molecule has 0 aromatic heterocycles. The van der Waals surface area contributed by atoms with Gasteiger partial charge in [-0.15, -0.1) is 0 Å². The van der Waals surface area contributed by atoms with Crippen LogP contribution >= 0.6 is 0 Å². The number of esters is 1. The first-order valence-electron chi connectivity index (χ1n) is 17.8. The number of ether oxygens (including phenoxy) is 2. The first-order valence-corrected chi connectivity index (χ1v) is 17.8. The summed E-state index contributed by atoms with van der Waals surface area (Å²) in [7, 11) is 0. The van der Waals surface area contributed by atoms with Gasteiger partial charge in [0.15, 0.2) is 17.5 Å². The summed E-state index contributed by atoms with van der Waals surface area (Å²) in [6.07, 6.45) is 6.93. The number of hydrogen-bond acceptors (Lipinski definition) is 11. The molecule has 1 aliphatic carbocycles. The van der Waals surface area contributed by atoms with E-state index >= 15 is 0 Å². The number of guanidine groups is 1. The van der Waals surface area contributed by atoms with Crippen molar-refractivity contribution in [3.05, 3.63) is 23.8 Å². The zero-order valence-electron chi connectivity index (χ0n) is 27.6. The quantitative estimate of drug-likeness (QED) is 0.255. The lowest BCUT2D eigenvalue weighted by molar-refractivity contribution is -0.148. The predicted octanol–water partition coefficient (Wildman–Crippen LogP) is 2.30. The van der Waals surface area contributed by atoms with Crippen LogP contribution in [0.2, 0.25) is 0 Å². The van der Waals surface area contributed by atoms with Crippen molar-refractivity contribution in [1.82, 2.24) is 20.4 Å². The molecule has 3 saturated heterocycles. The molecule has 46 heavy (non-hydrogen) atoms. The Balaban J connectivity index is 1.06. The Kier molecular flexibility index (Phi) is 11.2. The molecule has 6 N–H and O–H groups in total. The van der Waals surface area contributed by atoms with Crippen LogP contribution in [0.4, 0.5) is 0 Å². The molecule has 0 amide bonds. The second-order valence-corrected chi connectivity index (χ2v) is 14.8. The maximum atomic E-state index is 12.1. The van der Waals surface area contributed by atoms with E-state index in [0.29, 0.717) is 61.3 Å². The Morgan fingerprint density at radius 3 is 2.57 bits per heavy atom. The predicted molar refractivity (Wildman–Crippen MR) is 178 cm³/mol. The summed E-state index contributed by atoms with van der Waals surface area (Å²) < 4.78 is 11.9. The second-order valence-electron chi connectivity index (χ2n) is 14.8. The van der Waals surface area contributed by atoms with Crippen LogP contribution in [0.25, 0.3) is 0 Å². The van der Waals surface area contributed by atoms with Gasteiger partial charge >= 0.3 is 5.97 Å². The number of aliphatic hydroxyl groups is 1. The van der Waals surface area contributed by atoms with E-state index in [1.165, 1.54) is 26.4 Å². The van der Waals surface area contributed by atoms with Crippen molar-refractivity contribution in [3.8, 4) is 11.5 Å². The van der Waals surface area contributed by atoms with E-state index in [9.17, 15) is 15.0 Å². The molecular weight excluding hydrogens is 584 g/mol. The number of aromatic hydroxyl groups is 1. The van der Waals surface area contributed by atoms with Gasteiger partial charge in [-0.2, -0.15) is 0 Å². The summed E-state index contributed by atoms with van der Waals surface area (Å²) in [6, 6.07) is 5.48. The van der Waals surface area contributed by atoms with Crippen LogP contribution in [0.5, 0.6) is 11.5 Å². The van der Waals surface area contributed by atoms with Crippen LogP contribution in [0.3, 0.4) is 0 Å². The Morgan fingerprint density at radius 1 is 1.04 bits per heavy atom. The average molecular weight is 641 g/mol. The number of piperidine rings is 3. The van der Waals surface area contributed by atoms with E-state index in [-0.39, 0.29) is 29.8 Å². The largest absolute Gasteiger partial charge is 0.504 e. The molecule has 6 aliphatic rings. The molecule has 256 valence electrons. The van der Waals surface area contributed by atoms with Crippen molar-refractivity contribution in [2.24, 2.45) is 40.3 Å². The smallest absolute Gasteiger partial charge is 0.302 e. The molecule has 5 heterocycles. The topological polar surface area (TPSA) is 145 Å². The number of nitrogens with one attached hydrogen (secondary N) is 2. The number of hydrogen-bond donors (Lipinski definition) is 5. The van der Waals surface area contributed by atoms with Gasteiger partial charge in [0.2, 0.25) is 0 Å². The Bertz CT molecular complexity index is 1180. The fourth-order valence-electron chi connectivity index (χ4n) is 8.91. The van der Waals surface area contributed by atoms with Crippen LogP contribution in [-0.2, 0) is 16.0 Å². The molecule has 0 radical (unpaired) electrons. The van der Waals surface area contributed by atoms with Gasteiger partial charge in [0.1, 0.15) is 12.2 Å². The maximum absolute atomic E-state index is 12.1. The molecule has 1 aromatic rings. The number of nitrogens with two attached hydrogens (primary N) is 1. The highest BCUT2D eigenvalue weighted by molar-refractivity contribution is 5.77. The van der Waals surface area contributed by atoms with Crippen molar-refractivity contribution >= 4 is 11.9 Å². The monoisotopic (exact) mass is 640 g/mol. The number of carbonyl (C=O) groups excluding carboxylic acids is 1. The van der Waals surface area contributed by atoms with Gasteiger partial charge in [0.25, 0.3) is 0 Å². The number of nitrogens with zero attached hydrogens (tertiary/aromatic N) is 3. The van der Waals surface area contributed by atoms with E-state index in [2.05, 4.69) is 25.4 Å². The van der Waals surface area contributed by atoms with Crippen molar-refractivity contribution < 1.29 is 24.5 Å². The highest BCUT2D eigenvalue weighted by Gasteiger charge is 2.39. The number of benzene rings is 1. The normalized spacial score (nSPS) is 33.3. The zero-order valence-corrected chi connectivity index (χ0v) is 27.6. The van der Waals surface area contributed by atoms with E-state index < -0.39 is 6.10 Å². The molecule has 0 spiro atoms. The Hall–Kier alpha value is -2.60. The van der Waals surface area contributed by atoms with Crippen LogP contribution < -0.4 is 21.1 Å². The minimum absolute atomic E-state index is 0.0887. The number of phenols is 1. The van der Waals surface area contributed by atoms with Crippen LogP contribution in [0.15, 0.2) is 23.2 Å². The number of fused-ring (bicyclic) bond motifs is 3. The summed E-state index contributed by atoms with van der Waals surface area (Å²) >= 11 is 0. The molecular formula is C35H56N6O5. The summed E-state index contributed by atoms with van der Waals surface area (Å²) in [4.78, 5) is 21.9. The number of carbonyl (C=O) groups is 1. The molecule has 7 unspecified atom stereocenters. The van der Waals surface area contributed by atoms with E-state index in [1.807, 2.05) is 12.1 Å². The summed E-state index contributed by atoms with van der Waals surface area (Å²) in [5.74, 6) is 3.34. The number of phenolic OH excluding ortho intramolecular Hbond substituents is 1. The van der Waals surface area contributed by atoms with Gasteiger partial charge in [-0.05, 0) is 112 Å². The number of rotatable bonds is 9. The van der Waals surface area contributed by atoms with Crippen LogP contribution in [0, 0.1) is 29.6 Å². The minimum atomic E-state index is -0.557. The van der Waals surface area contributed by atoms with Crippen molar-refractivity contribution in [1.29, 1.82) is 0 Å². The lowest BCUT2D eigenvalue weighted by atomic mass is 9.71. The third-order valence-electron chi connectivity index (χ3n) is 11.1. The number of aryl methyl sites for hydroxylation is 1. The van der Waals surface area contributed by atoms with E-state index in [4.69, 9.17) is 15.2 Å². The molecule has 4 fully saturated rings. The molecule has 11 nitrogen and oxygen atoms in total. The standard InChI is InChI=1S/C35H56N6O5/c1-23(42)45-31(6-2-24-3-7-32(43)34(13-24)46-30-8-10-37-11-9-30)15-33(44)27-4-5-28-21-40-17-25-12-26(18-40)20-41(19-25)22-39-35(36)38-16-29(28)14-27/h3,7,13,25-31,33,37,43-44H,2,4-6,8-12,14-22H2,1H3,(H3,36,38,39). The summed E-state index contributed by atoms with van der Waals surface area (Å²) in [6.45, 7) is 10.4. The molecule has 1 aromatic carbocycles. The van der Waals surface area contributed by atoms with Crippen LogP contribution in [-0.4, -0.2) is 109 Å². The van der Waals surface area contributed by atoms with Gasteiger partial charge in [-0.3, -0.25) is 9.69 Å². The molecule has 7 rings (SSSR count). The fraction of sp³-hybridized carbons (Fsp3) is 0.771. The van der Waals surface area contributed by atoms with Gasteiger partial charge in [-0.1, -0.05) is 6.07 Å². The molecule has 4 bridgehead atoms. The van der Waals surface area contributed by atoms with Gasteiger partial charge < -0.3 is 41.0 Å². The maximum Gasteiger partial charge on any atom is 0.302 e. The summed E-state index contributed by atoms with van der Waals surface area (Å²) in [5, 5.41) is 28.7. The second kappa shape index (κ2) is 15.5. The Morgan fingerprint density at radius 2 is 1.80 bits per heavy atom. The van der Waals surface area contributed by atoms with E-state index in [0.717, 1.165) is 76.9 Å². The molecule has 5 aliphatic heterocycles. The zero-order chi connectivity index (χ0) is 32.0. The SMILES string of the molecule is CC(=O)OC(CCc1ccc(O)c(OC2CCNCC2)c1)CC(O)C1CCC2CN3CC4CC(CN(CN=C(N)NCC2C1)C4)C3. The highest BCUT2D eigenvalue weighted by atomic mass is 16.5. The van der Waals surface area contributed by atoms with Gasteiger partial charge in [0, 0.05) is 52.6 Å². The average Bonchev–Trinajstić information content (AvgIpc) is 3.04. The first-order chi connectivity index (χ1) is 22.3. The molecule has 7 atom stereocenters. The number of aliphatic imine (C=N–C) groups is 1. The van der Waals surface area contributed by atoms with Crippen molar-refractivity contribution in [3.63, 3.8) is 0 Å². The number of aliphatic hydroxyl groups excluding tert-OH is 1. The lowest BCUT2D eigenvalue weighted by Gasteiger charge is -2.47. The highest BCUT2D eigenvalue weighted by Crippen LogP contribution is 2.39. The van der Waals surface area contributed by atoms with Gasteiger partial charge in [0.05, 0.1) is 12.8 Å². The molecule has 11 heteroatoms. The Labute approximate surface area is 274 Å². The van der Waals surface area contributed by atoms with E-state index in [1.54, 1.807) is 6.07 Å². The minimum Gasteiger partial charge on any atom is -0.504 e. The summed E-state index contributed by atoms with van der Waals surface area (Å²) in [5.41, 5.74) is 7.33. The first kappa shape index (κ1) is 33.3. The third-order valence-corrected chi connectivity index (χ3v) is 11.1. The van der Waals surface area contributed by atoms with Crippen LogP contribution in [0.1, 0.15) is 63.9 Å².